The molecule has 1 amide bonds. The first-order valence-corrected chi connectivity index (χ1v) is 14.7. The summed E-state index contributed by atoms with van der Waals surface area (Å²) in [6.07, 6.45) is -4.98. The fourth-order valence-corrected chi connectivity index (χ4v) is 6.29. The standard InChI is InChI=1S/C27H32F3N3O7S/c1-18-19(4-3-7-23(18)39-14-8-21(35)17-34)9-15-41(37,38)33-12-10-26(11-13-33)25(36)31-24(32-26)20-5-2-6-22(16-20)40-27(28,29)30/h2-7,16,21,34-35H,8-15,17H2,1H3,(H,31,32,36). The molecule has 1 fully saturated rings. The molecular formula is C27H32F3N3O7S. The first-order chi connectivity index (χ1) is 19.3. The van der Waals surface area contributed by atoms with E-state index in [0.717, 1.165) is 23.3 Å². The summed E-state index contributed by atoms with van der Waals surface area (Å²) in [7, 11) is -3.67. The van der Waals surface area contributed by atoms with Crippen molar-refractivity contribution in [2.24, 2.45) is 4.99 Å². The number of aliphatic imine (C=N–C) groups is 1. The van der Waals surface area contributed by atoms with Crippen LogP contribution in [0.4, 0.5) is 13.2 Å². The number of piperidine rings is 1. The van der Waals surface area contributed by atoms with Crippen molar-refractivity contribution in [3.8, 4) is 11.5 Å². The largest absolute Gasteiger partial charge is 0.573 e. The highest BCUT2D eigenvalue weighted by Crippen LogP contribution is 2.33. The molecule has 10 nitrogen and oxygen atoms in total. The molecule has 0 bridgehead atoms. The second kappa shape index (κ2) is 12.3. The Morgan fingerprint density at radius 1 is 1.17 bits per heavy atom. The van der Waals surface area contributed by atoms with E-state index in [4.69, 9.17) is 9.84 Å². The van der Waals surface area contributed by atoms with Gasteiger partial charge in [-0.25, -0.2) is 12.7 Å². The fourth-order valence-electron chi connectivity index (χ4n) is 4.82. The SMILES string of the molecule is Cc1c(CCS(=O)(=O)N2CCC3(CC2)N=C(c2cccc(OC(F)(F)F)c2)NC3=O)cccc1OCCC(O)CO. The van der Waals surface area contributed by atoms with Crippen LogP contribution in [0.1, 0.15) is 36.0 Å². The zero-order chi connectivity index (χ0) is 29.8. The third-order valence-corrected chi connectivity index (χ3v) is 9.08. The van der Waals surface area contributed by atoms with Crippen molar-refractivity contribution < 1.29 is 46.1 Å². The number of aryl methyl sites for hydroxylation is 1. The van der Waals surface area contributed by atoms with Gasteiger partial charge in [0, 0.05) is 25.1 Å². The fraction of sp³-hybridized carbons (Fsp3) is 0.481. The minimum atomic E-state index is -4.86. The zero-order valence-electron chi connectivity index (χ0n) is 22.4. The van der Waals surface area contributed by atoms with E-state index in [9.17, 15) is 31.5 Å². The quantitative estimate of drug-likeness (QED) is 0.361. The highest BCUT2D eigenvalue weighted by Gasteiger charge is 2.47. The Bertz CT molecular complexity index is 1390. The zero-order valence-corrected chi connectivity index (χ0v) is 23.2. The minimum Gasteiger partial charge on any atom is -0.493 e. The molecule has 0 aromatic heterocycles. The third kappa shape index (κ3) is 7.56. The van der Waals surface area contributed by atoms with Crippen LogP contribution >= 0.6 is 0 Å². The number of amidine groups is 1. The van der Waals surface area contributed by atoms with Gasteiger partial charge >= 0.3 is 6.36 Å². The van der Waals surface area contributed by atoms with Crippen LogP contribution in [0.25, 0.3) is 0 Å². The Morgan fingerprint density at radius 3 is 2.56 bits per heavy atom. The molecule has 0 aliphatic carbocycles. The molecule has 2 aromatic rings. The highest BCUT2D eigenvalue weighted by atomic mass is 32.2. The van der Waals surface area contributed by atoms with Gasteiger partial charge in [0.1, 0.15) is 22.9 Å². The summed E-state index contributed by atoms with van der Waals surface area (Å²) < 4.78 is 75.1. The van der Waals surface area contributed by atoms with E-state index in [1.54, 1.807) is 12.1 Å². The number of hydrogen-bond acceptors (Lipinski definition) is 8. The van der Waals surface area contributed by atoms with Gasteiger partial charge in [-0.3, -0.25) is 9.79 Å². The number of nitrogens with one attached hydrogen (secondary N) is 1. The first kappa shape index (κ1) is 30.8. The third-order valence-electron chi connectivity index (χ3n) is 7.21. The van der Waals surface area contributed by atoms with Crippen LogP contribution in [-0.2, 0) is 21.2 Å². The molecule has 2 aliphatic rings. The van der Waals surface area contributed by atoms with E-state index < -0.39 is 39.7 Å². The maximum Gasteiger partial charge on any atom is 0.573 e. The number of benzene rings is 2. The number of aliphatic hydroxyl groups is 2. The monoisotopic (exact) mass is 599 g/mol. The molecular weight excluding hydrogens is 567 g/mol. The summed E-state index contributed by atoms with van der Waals surface area (Å²) in [5.41, 5.74) is 0.628. The Morgan fingerprint density at radius 2 is 1.88 bits per heavy atom. The van der Waals surface area contributed by atoms with E-state index in [0.29, 0.717) is 5.75 Å². The van der Waals surface area contributed by atoms with Crippen LogP contribution in [-0.4, -0.2) is 84.7 Å². The summed E-state index contributed by atoms with van der Waals surface area (Å²) in [6, 6.07) is 10.5. The number of amides is 1. The predicted octanol–water partition coefficient (Wildman–Crippen LogP) is 2.30. The molecule has 3 N–H and O–H groups in total. The van der Waals surface area contributed by atoms with Crippen LogP contribution in [0, 0.1) is 6.92 Å². The van der Waals surface area contributed by atoms with E-state index in [-0.39, 0.29) is 69.1 Å². The molecule has 224 valence electrons. The molecule has 1 saturated heterocycles. The molecule has 41 heavy (non-hydrogen) atoms. The van der Waals surface area contributed by atoms with E-state index in [1.807, 2.05) is 13.0 Å². The molecule has 2 heterocycles. The molecule has 14 heteroatoms. The number of sulfonamides is 1. The Labute approximate surface area is 235 Å². The first-order valence-electron chi connectivity index (χ1n) is 13.1. The molecule has 4 rings (SSSR count). The summed E-state index contributed by atoms with van der Waals surface area (Å²) in [4.78, 5) is 17.4. The highest BCUT2D eigenvalue weighted by molar-refractivity contribution is 7.89. The van der Waals surface area contributed by atoms with Crippen molar-refractivity contribution in [2.45, 2.75) is 50.6 Å². The number of carbonyl (C=O) groups excluding carboxylic acids is 1. The van der Waals surface area contributed by atoms with Crippen LogP contribution < -0.4 is 14.8 Å². The van der Waals surface area contributed by atoms with Gasteiger partial charge < -0.3 is 25.0 Å². The molecule has 1 spiro atoms. The lowest BCUT2D eigenvalue weighted by Gasteiger charge is -2.34. The lowest BCUT2D eigenvalue weighted by Crippen LogP contribution is -2.50. The Balaban J connectivity index is 1.37. The van der Waals surface area contributed by atoms with Crippen molar-refractivity contribution in [1.82, 2.24) is 9.62 Å². The lowest BCUT2D eigenvalue weighted by atomic mass is 9.89. The Kier molecular flexibility index (Phi) is 9.26. The molecule has 1 unspecified atom stereocenters. The van der Waals surface area contributed by atoms with Crippen molar-refractivity contribution in [1.29, 1.82) is 0 Å². The summed E-state index contributed by atoms with van der Waals surface area (Å²) in [5.74, 6) is -0.337. The number of aliphatic hydroxyl groups excluding tert-OH is 2. The van der Waals surface area contributed by atoms with Crippen molar-refractivity contribution >= 4 is 21.8 Å². The minimum absolute atomic E-state index is 0.0685. The van der Waals surface area contributed by atoms with Crippen LogP contribution in [0.5, 0.6) is 11.5 Å². The second-order valence-electron chi connectivity index (χ2n) is 10.0. The molecule has 0 saturated carbocycles. The number of carbonyl (C=O) groups is 1. The van der Waals surface area contributed by atoms with Gasteiger partial charge in [0.25, 0.3) is 5.91 Å². The van der Waals surface area contributed by atoms with Crippen LogP contribution in [0.15, 0.2) is 47.5 Å². The van der Waals surface area contributed by atoms with E-state index in [2.05, 4.69) is 15.0 Å². The van der Waals surface area contributed by atoms with Crippen LogP contribution in [0.2, 0.25) is 0 Å². The molecule has 0 radical (unpaired) electrons. The van der Waals surface area contributed by atoms with Crippen molar-refractivity contribution in [3.63, 3.8) is 0 Å². The van der Waals surface area contributed by atoms with Gasteiger partial charge in [-0.15, -0.1) is 13.2 Å². The molecule has 2 aromatic carbocycles. The number of hydrogen-bond donors (Lipinski definition) is 3. The average molecular weight is 600 g/mol. The van der Waals surface area contributed by atoms with Crippen LogP contribution in [0.3, 0.4) is 0 Å². The lowest BCUT2D eigenvalue weighted by molar-refractivity contribution is -0.274. The van der Waals surface area contributed by atoms with Gasteiger partial charge in [0.15, 0.2) is 0 Å². The summed E-state index contributed by atoms with van der Waals surface area (Å²) in [6.45, 7) is 1.80. The average Bonchev–Trinajstić information content (AvgIpc) is 3.23. The van der Waals surface area contributed by atoms with Crippen molar-refractivity contribution in [2.75, 3.05) is 32.1 Å². The second-order valence-corrected chi connectivity index (χ2v) is 12.1. The van der Waals surface area contributed by atoms with Crippen molar-refractivity contribution in [3.05, 3.63) is 59.2 Å². The number of rotatable bonds is 11. The van der Waals surface area contributed by atoms with Gasteiger partial charge in [-0.1, -0.05) is 24.3 Å². The van der Waals surface area contributed by atoms with Gasteiger partial charge in [-0.2, -0.15) is 0 Å². The molecule has 1 atom stereocenters. The topological polar surface area (TPSA) is 138 Å². The predicted molar refractivity (Wildman–Crippen MR) is 143 cm³/mol. The van der Waals surface area contributed by atoms with Gasteiger partial charge in [0.2, 0.25) is 10.0 Å². The maximum atomic E-state index is 13.2. The van der Waals surface area contributed by atoms with Gasteiger partial charge in [-0.05, 0) is 55.5 Å². The smallest absolute Gasteiger partial charge is 0.493 e. The van der Waals surface area contributed by atoms with E-state index in [1.165, 1.54) is 16.4 Å². The normalized spacial score (nSPS) is 18.2. The molecule has 2 aliphatic heterocycles. The maximum absolute atomic E-state index is 13.2. The summed E-state index contributed by atoms with van der Waals surface area (Å²) >= 11 is 0. The van der Waals surface area contributed by atoms with E-state index >= 15 is 0 Å². The number of ether oxygens (including phenoxy) is 2. The van der Waals surface area contributed by atoms with Gasteiger partial charge in [0.05, 0.1) is 25.1 Å². The number of nitrogens with zero attached hydrogens (tertiary/aromatic N) is 2. The Hall–Kier alpha value is -3.20. The summed E-state index contributed by atoms with van der Waals surface area (Å²) in [5, 5.41) is 21.0. The number of alkyl halides is 3. The number of halogens is 3.